The van der Waals surface area contributed by atoms with Crippen molar-refractivity contribution in [3.05, 3.63) is 24.3 Å². The van der Waals surface area contributed by atoms with Gasteiger partial charge in [-0.1, -0.05) is 32.9 Å². The van der Waals surface area contributed by atoms with Crippen LogP contribution in [0.15, 0.2) is 18.6 Å². The number of aliphatic hydroxyl groups is 1. The summed E-state index contributed by atoms with van der Waals surface area (Å²) in [7, 11) is 0. The number of hydrogen-bond acceptors (Lipinski definition) is 5. The highest BCUT2D eigenvalue weighted by Gasteiger charge is 2.36. The minimum Gasteiger partial charge on any atom is -0.389 e. The number of aromatic nitrogens is 5. The van der Waals surface area contributed by atoms with Gasteiger partial charge in [0.2, 0.25) is 0 Å². The summed E-state index contributed by atoms with van der Waals surface area (Å²) in [6.07, 6.45) is 4.29. The van der Waals surface area contributed by atoms with Gasteiger partial charge in [0.1, 0.15) is 0 Å². The summed E-state index contributed by atoms with van der Waals surface area (Å²) in [5, 5.41) is 25.4. The Balaban J connectivity index is 1.71. The zero-order chi connectivity index (χ0) is 18.8. The first-order chi connectivity index (χ1) is 12.4. The highest BCUT2D eigenvalue weighted by molar-refractivity contribution is 5.90. The van der Waals surface area contributed by atoms with E-state index in [0.29, 0.717) is 12.5 Å². The van der Waals surface area contributed by atoms with Gasteiger partial charge in [0.15, 0.2) is 0 Å². The molecule has 0 bridgehead atoms. The summed E-state index contributed by atoms with van der Waals surface area (Å²) in [6.45, 7) is 9.90. The van der Waals surface area contributed by atoms with Gasteiger partial charge in [-0.15, -0.1) is 5.10 Å². The molecule has 26 heavy (non-hydrogen) atoms. The molecule has 2 atom stereocenters. The highest BCUT2D eigenvalue weighted by Crippen LogP contribution is 2.27. The number of likely N-dealkylation sites (tertiary alicyclic amines) is 1. The number of nitrogens with one attached hydrogen (secondary N) is 1. The number of β-amino-alcohol motifs (C(OH)–C–C–N with tert-alkyl or cyclic N) is 1. The van der Waals surface area contributed by atoms with Crippen molar-refractivity contribution in [1.29, 1.82) is 0 Å². The van der Waals surface area contributed by atoms with E-state index in [2.05, 4.69) is 48.4 Å². The number of urea groups is 1. The third-order valence-electron chi connectivity index (χ3n) is 4.53. The van der Waals surface area contributed by atoms with E-state index >= 15 is 0 Å². The number of anilines is 1. The maximum Gasteiger partial charge on any atom is 0.322 e. The Labute approximate surface area is 153 Å². The van der Waals surface area contributed by atoms with Gasteiger partial charge in [0.25, 0.3) is 0 Å². The van der Waals surface area contributed by atoms with Crippen LogP contribution in [0.1, 0.15) is 45.3 Å². The Hall–Kier alpha value is -2.42. The fraction of sp³-hybridized carbons (Fsp3) is 0.647. The molecule has 2 aromatic rings. The molecule has 0 aliphatic carbocycles. The minimum absolute atomic E-state index is 0.235. The summed E-state index contributed by atoms with van der Waals surface area (Å²) in [5.41, 5.74) is 1.74. The van der Waals surface area contributed by atoms with Crippen LogP contribution in [0.2, 0.25) is 0 Å². The summed E-state index contributed by atoms with van der Waals surface area (Å²) in [6, 6.07) is -0.519. The van der Waals surface area contributed by atoms with Gasteiger partial charge in [0, 0.05) is 19.3 Å². The topological polar surface area (TPSA) is 101 Å². The first-order valence-corrected chi connectivity index (χ1v) is 9.02. The Morgan fingerprint density at radius 1 is 1.35 bits per heavy atom. The summed E-state index contributed by atoms with van der Waals surface area (Å²) in [5.74, 6) is 0.701. The Morgan fingerprint density at radius 2 is 2.12 bits per heavy atom. The molecule has 3 rings (SSSR count). The molecule has 9 heteroatoms. The average Bonchev–Trinajstić information content (AvgIpc) is 3.26. The monoisotopic (exact) mass is 361 g/mol. The van der Waals surface area contributed by atoms with E-state index < -0.39 is 6.10 Å². The molecule has 9 nitrogen and oxygen atoms in total. The third-order valence-corrected chi connectivity index (χ3v) is 4.53. The molecule has 3 heterocycles. The predicted octanol–water partition coefficient (Wildman–Crippen LogP) is 1.70. The van der Waals surface area contributed by atoms with Gasteiger partial charge in [-0.05, 0) is 11.8 Å². The van der Waals surface area contributed by atoms with Gasteiger partial charge < -0.3 is 15.3 Å². The Morgan fingerprint density at radius 3 is 2.73 bits per heavy atom. The molecule has 2 amide bonds. The van der Waals surface area contributed by atoms with E-state index in [1.165, 1.54) is 0 Å². The second kappa shape index (κ2) is 7.45. The zero-order valence-corrected chi connectivity index (χ0v) is 15.7. The summed E-state index contributed by atoms with van der Waals surface area (Å²) < 4.78 is 3.56. The minimum atomic E-state index is -0.671. The quantitative estimate of drug-likeness (QED) is 0.844. The van der Waals surface area contributed by atoms with Crippen LogP contribution in [0.4, 0.5) is 10.5 Å². The molecule has 2 aromatic heterocycles. The van der Waals surface area contributed by atoms with Crippen LogP contribution in [0.25, 0.3) is 0 Å². The largest absolute Gasteiger partial charge is 0.389 e. The molecule has 1 aliphatic heterocycles. The van der Waals surface area contributed by atoms with E-state index in [9.17, 15) is 9.90 Å². The van der Waals surface area contributed by atoms with Gasteiger partial charge in [0.05, 0.1) is 42.5 Å². The predicted molar refractivity (Wildman–Crippen MR) is 96.8 cm³/mol. The summed E-state index contributed by atoms with van der Waals surface area (Å²) in [4.78, 5) is 14.3. The number of aliphatic hydroxyl groups excluding tert-OH is 1. The van der Waals surface area contributed by atoms with Crippen molar-refractivity contribution in [3.8, 4) is 0 Å². The van der Waals surface area contributed by atoms with Crippen molar-refractivity contribution in [2.45, 2.75) is 52.3 Å². The lowest BCUT2D eigenvalue weighted by molar-refractivity contribution is 0.139. The maximum absolute atomic E-state index is 12.7. The van der Waals surface area contributed by atoms with E-state index in [-0.39, 0.29) is 24.5 Å². The first-order valence-electron chi connectivity index (χ1n) is 9.02. The van der Waals surface area contributed by atoms with E-state index in [1.54, 1.807) is 28.2 Å². The Kier molecular flexibility index (Phi) is 5.26. The van der Waals surface area contributed by atoms with Crippen LogP contribution < -0.4 is 5.32 Å². The molecule has 0 saturated carbocycles. The fourth-order valence-electron chi connectivity index (χ4n) is 3.38. The average molecular weight is 361 g/mol. The van der Waals surface area contributed by atoms with Crippen molar-refractivity contribution in [1.82, 2.24) is 29.7 Å². The molecule has 1 aliphatic rings. The number of amides is 2. The lowest BCUT2D eigenvalue weighted by Gasteiger charge is -2.19. The number of carbonyl (C=O) groups is 1. The van der Waals surface area contributed by atoms with Gasteiger partial charge in [-0.3, -0.25) is 4.68 Å². The van der Waals surface area contributed by atoms with Crippen LogP contribution in [0, 0.1) is 5.92 Å². The van der Waals surface area contributed by atoms with Crippen molar-refractivity contribution in [3.63, 3.8) is 0 Å². The maximum atomic E-state index is 12.7. The normalized spacial score (nSPS) is 20.3. The lowest BCUT2D eigenvalue weighted by Crippen LogP contribution is -2.34. The zero-order valence-electron chi connectivity index (χ0n) is 15.7. The SMILES string of the molecule is CC(C)Cn1ncc(NC(=O)N2C[C@@H](O)[C@H](n3ccnn3)C2)c1C(C)C. The van der Waals surface area contributed by atoms with Crippen LogP contribution in [-0.4, -0.2) is 60.0 Å². The highest BCUT2D eigenvalue weighted by atomic mass is 16.3. The number of nitrogens with zero attached hydrogens (tertiary/aromatic N) is 6. The van der Waals surface area contributed by atoms with Crippen LogP contribution in [0.3, 0.4) is 0 Å². The third kappa shape index (κ3) is 3.72. The van der Waals surface area contributed by atoms with E-state index in [4.69, 9.17) is 0 Å². The van der Waals surface area contributed by atoms with Crippen LogP contribution in [-0.2, 0) is 6.54 Å². The van der Waals surface area contributed by atoms with Crippen molar-refractivity contribution >= 4 is 11.7 Å². The molecule has 0 unspecified atom stereocenters. The molecule has 1 saturated heterocycles. The first kappa shape index (κ1) is 18.4. The van der Waals surface area contributed by atoms with Gasteiger partial charge in [-0.2, -0.15) is 5.10 Å². The van der Waals surface area contributed by atoms with Crippen molar-refractivity contribution < 1.29 is 9.90 Å². The molecular formula is C17H27N7O2. The van der Waals surface area contributed by atoms with Crippen LogP contribution in [0.5, 0.6) is 0 Å². The smallest absolute Gasteiger partial charge is 0.322 e. The van der Waals surface area contributed by atoms with Gasteiger partial charge in [-0.25, -0.2) is 9.48 Å². The van der Waals surface area contributed by atoms with Gasteiger partial charge >= 0.3 is 6.03 Å². The standard InChI is InChI=1S/C17H27N7O2/c1-11(2)8-24-16(12(3)4)13(7-19-24)20-17(26)22-9-14(15(25)10-22)23-6-5-18-21-23/h5-7,11-12,14-15,25H,8-10H2,1-4H3,(H,20,26)/t14-,15-/m1/s1. The van der Waals surface area contributed by atoms with E-state index in [0.717, 1.165) is 17.9 Å². The Bertz CT molecular complexity index is 738. The number of rotatable bonds is 5. The van der Waals surface area contributed by atoms with Crippen molar-refractivity contribution in [2.75, 3.05) is 18.4 Å². The number of carbonyl (C=O) groups excluding carboxylic acids is 1. The summed E-state index contributed by atoms with van der Waals surface area (Å²) >= 11 is 0. The van der Waals surface area contributed by atoms with E-state index in [1.807, 2.05) is 4.68 Å². The van der Waals surface area contributed by atoms with Crippen molar-refractivity contribution in [2.24, 2.45) is 5.92 Å². The fourth-order valence-corrected chi connectivity index (χ4v) is 3.38. The second-order valence-corrected chi connectivity index (χ2v) is 7.53. The molecule has 142 valence electrons. The molecule has 0 spiro atoms. The molecule has 2 N–H and O–H groups in total. The second-order valence-electron chi connectivity index (χ2n) is 7.53. The number of hydrogen-bond donors (Lipinski definition) is 2. The molecular weight excluding hydrogens is 334 g/mol. The lowest BCUT2D eigenvalue weighted by atomic mass is 10.1. The van der Waals surface area contributed by atoms with Crippen LogP contribution >= 0.6 is 0 Å². The molecule has 0 radical (unpaired) electrons. The molecule has 1 fully saturated rings. The molecule has 0 aromatic carbocycles.